The molecule has 1 atom stereocenters. The van der Waals surface area contributed by atoms with Gasteiger partial charge in [0.1, 0.15) is 5.75 Å². The van der Waals surface area contributed by atoms with Crippen LogP contribution in [-0.2, 0) is 15.8 Å². The fourth-order valence-electron chi connectivity index (χ4n) is 3.99. The lowest BCUT2D eigenvalue weighted by atomic mass is 9.94. The molecule has 1 unspecified atom stereocenters. The second-order valence-electron chi connectivity index (χ2n) is 8.13. The Labute approximate surface area is 191 Å². The molecule has 1 heterocycles. The maximum atomic E-state index is 12.9. The number of carbonyl (C=O) groups is 2. The second-order valence-corrected chi connectivity index (χ2v) is 8.13. The zero-order valence-corrected chi connectivity index (χ0v) is 18.7. The number of hydrogen-bond acceptors (Lipinski definition) is 4. The lowest BCUT2D eigenvalue weighted by Gasteiger charge is -2.35. The summed E-state index contributed by atoms with van der Waals surface area (Å²) in [6.45, 7) is 2.41. The van der Waals surface area contributed by atoms with Crippen molar-refractivity contribution in [3.8, 4) is 5.75 Å². The smallest absolute Gasteiger partial charge is 0.416 e. The lowest BCUT2D eigenvalue weighted by Crippen LogP contribution is -2.43. The van der Waals surface area contributed by atoms with Crippen molar-refractivity contribution in [2.24, 2.45) is 0 Å². The van der Waals surface area contributed by atoms with Crippen LogP contribution >= 0.6 is 0 Å². The van der Waals surface area contributed by atoms with Gasteiger partial charge in [-0.25, -0.2) is 0 Å². The summed E-state index contributed by atoms with van der Waals surface area (Å²) in [5.74, 6) is -0.182. The largest absolute Gasteiger partial charge is 0.495 e. The van der Waals surface area contributed by atoms with E-state index in [4.69, 9.17) is 4.74 Å². The molecule has 2 aromatic carbocycles. The highest BCUT2D eigenvalue weighted by atomic mass is 19.4. The van der Waals surface area contributed by atoms with Crippen molar-refractivity contribution in [1.29, 1.82) is 0 Å². The van der Waals surface area contributed by atoms with Gasteiger partial charge in [-0.3, -0.25) is 14.5 Å². The first-order valence-electron chi connectivity index (χ1n) is 10.8. The first-order valence-corrected chi connectivity index (χ1v) is 10.8. The molecule has 0 radical (unpaired) electrons. The van der Waals surface area contributed by atoms with Gasteiger partial charge >= 0.3 is 6.18 Å². The highest BCUT2D eigenvalue weighted by molar-refractivity contribution is 5.96. The number of aryl methyl sites for hydroxylation is 1. The van der Waals surface area contributed by atoms with Gasteiger partial charge in [-0.15, -0.1) is 0 Å². The van der Waals surface area contributed by atoms with Crippen molar-refractivity contribution in [3.63, 3.8) is 0 Å². The fourth-order valence-corrected chi connectivity index (χ4v) is 3.99. The Kier molecular flexibility index (Phi) is 7.97. The third kappa shape index (κ3) is 6.71. The molecule has 2 N–H and O–H groups in total. The summed E-state index contributed by atoms with van der Waals surface area (Å²) in [6.07, 6.45) is -1.79. The number of likely N-dealkylation sites (tertiary alicyclic amines) is 1. The molecule has 33 heavy (non-hydrogen) atoms. The van der Waals surface area contributed by atoms with Gasteiger partial charge in [0.15, 0.2) is 0 Å². The van der Waals surface area contributed by atoms with Gasteiger partial charge in [0, 0.05) is 6.04 Å². The molecule has 1 aliphatic heterocycles. The number of methoxy groups -OCH3 is 1. The molecule has 0 aromatic heterocycles. The molecule has 9 heteroatoms. The van der Waals surface area contributed by atoms with Crippen LogP contribution in [0, 0.1) is 6.92 Å². The summed E-state index contributed by atoms with van der Waals surface area (Å²) in [4.78, 5) is 26.7. The Morgan fingerprint density at radius 1 is 1.09 bits per heavy atom. The average Bonchev–Trinajstić information content (AvgIpc) is 2.78. The van der Waals surface area contributed by atoms with Gasteiger partial charge in [-0.2, -0.15) is 13.2 Å². The van der Waals surface area contributed by atoms with Crippen LogP contribution in [0.3, 0.4) is 0 Å². The number of nitrogens with zero attached hydrogens (tertiary/aromatic N) is 1. The van der Waals surface area contributed by atoms with E-state index in [1.807, 2.05) is 17.9 Å². The summed E-state index contributed by atoms with van der Waals surface area (Å²) in [6, 6.07) is 10.4. The number of halogens is 3. The van der Waals surface area contributed by atoms with E-state index in [2.05, 4.69) is 10.6 Å². The van der Waals surface area contributed by atoms with E-state index in [1.165, 1.54) is 19.2 Å². The van der Waals surface area contributed by atoms with Crippen LogP contribution in [0.5, 0.6) is 5.75 Å². The molecule has 0 saturated carbocycles. The number of rotatable bonds is 7. The Balaban J connectivity index is 1.56. The van der Waals surface area contributed by atoms with E-state index in [0.29, 0.717) is 18.0 Å². The van der Waals surface area contributed by atoms with Gasteiger partial charge in [-0.1, -0.05) is 24.6 Å². The van der Waals surface area contributed by atoms with Crippen LogP contribution in [0.4, 0.5) is 18.9 Å². The number of ether oxygens (including phenoxy) is 1. The first kappa shape index (κ1) is 24.6. The highest BCUT2D eigenvalue weighted by Crippen LogP contribution is 2.34. The molecule has 6 nitrogen and oxygen atoms in total. The molecule has 1 fully saturated rings. The zero-order valence-electron chi connectivity index (χ0n) is 18.7. The summed E-state index contributed by atoms with van der Waals surface area (Å²) >= 11 is 0. The molecule has 2 amide bonds. The van der Waals surface area contributed by atoms with E-state index < -0.39 is 11.7 Å². The molecule has 3 rings (SSSR count). The standard InChI is InChI=1S/C24H28F3N3O3/c1-16-6-11-21(33-2)19(13-16)29-22(31)14-28-23(32)15-30-12-4-3-5-20(30)17-7-9-18(10-8-17)24(25,26)27/h6-11,13,20H,3-5,12,14-15H2,1-2H3,(H,28,32)(H,29,31). The first-order chi connectivity index (χ1) is 15.7. The van der Waals surface area contributed by atoms with Crippen LogP contribution in [-0.4, -0.2) is 43.5 Å². The van der Waals surface area contributed by atoms with E-state index in [-0.39, 0.29) is 30.9 Å². The number of carbonyl (C=O) groups excluding carboxylic acids is 2. The van der Waals surface area contributed by atoms with E-state index in [0.717, 1.165) is 42.5 Å². The molecular formula is C24H28F3N3O3. The lowest BCUT2D eigenvalue weighted by molar-refractivity contribution is -0.137. The van der Waals surface area contributed by atoms with Crippen molar-refractivity contribution in [2.45, 2.75) is 38.4 Å². The fraction of sp³-hybridized carbons (Fsp3) is 0.417. The van der Waals surface area contributed by atoms with Crippen LogP contribution in [0.25, 0.3) is 0 Å². The van der Waals surface area contributed by atoms with Crippen molar-refractivity contribution >= 4 is 17.5 Å². The number of benzene rings is 2. The van der Waals surface area contributed by atoms with Crippen LogP contribution in [0.2, 0.25) is 0 Å². The Hall–Kier alpha value is -3.07. The van der Waals surface area contributed by atoms with Gasteiger partial charge in [0.2, 0.25) is 11.8 Å². The van der Waals surface area contributed by atoms with Crippen molar-refractivity contribution < 1.29 is 27.5 Å². The number of nitrogens with one attached hydrogen (secondary N) is 2. The number of amides is 2. The van der Waals surface area contributed by atoms with Crippen molar-refractivity contribution in [3.05, 3.63) is 59.2 Å². The van der Waals surface area contributed by atoms with Gasteiger partial charge in [-0.05, 0) is 61.7 Å². The maximum Gasteiger partial charge on any atom is 0.416 e. The molecule has 178 valence electrons. The minimum atomic E-state index is -4.38. The summed E-state index contributed by atoms with van der Waals surface area (Å²) < 4.78 is 43.8. The monoisotopic (exact) mass is 463 g/mol. The topological polar surface area (TPSA) is 70.7 Å². The van der Waals surface area contributed by atoms with Gasteiger partial charge in [0.25, 0.3) is 0 Å². The number of anilines is 1. The maximum absolute atomic E-state index is 12.9. The molecular weight excluding hydrogens is 435 g/mol. The molecule has 2 aromatic rings. The van der Waals surface area contributed by atoms with Gasteiger partial charge < -0.3 is 15.4 Å². The third-order valence-corrected chi connectivity index (χ3v) is 5.66. The number of alkyl halides is 3. The predicted octanol–water partition coefficient (Wildman–Crippen LogP) is 4.30. The van der Waals surface area contributed by atoms with Crippen LogP contribution in [0.15, 0.2) is 42.5 Å². The Morgan fingerprint density at radius 3 is 2.48 bits per heavy atom. The Morgan fingerprint density at radius 2 is 1.82 bits per heavy atom. The minimum absolute atomic E-state index is 0.0622. The van der Waals surface area contributed by atoms with E-state index >= 15 is 0 Å². The third-order valence-electron chi connectivity index (χ3n) is 5.66. The summed E-state index contributed by atoms with van der Waals surface area (Å²) in [5.41, 5.74) is 1.53. The van der Waals surface area contributed by atoms with E-state index in [1.54, 1.807) is 12.1 Å². The Bertz CT molecular complexity index is 977. The second kappa shape index (κ2) is 10.7. The highest BCUT2D eigenvalue weighted by Gasteiger charge is 2.31. The molecule has 0 bridgehead atoms. The molecule has 0 aliphatic carbocycles. The van der Waals surface area contributed by atoms with E-state index in [9.17, 15) is 22.8 Å². The van der Waals surface area contributed by atoms with Crippen molar-refractivity contribution in [1.82, 2.24) is 10.2 Å². The zero-order chi connectivity index (χ0) is 24.0. The quantitative estimate of drug-likeness (QED) is 0.642. The van der Waals surface area contributed by atoms with Crippen LogP contribution < -0.4 is 15.4 Å². The number of hydrogen-bond donors (Lipinski definition) is 2. The number of piperidine rings is 1. The molecule has 1 saturated heterocycles. The summed E-state index contributed by atoms with van der Waals surface area (Å²) in [5, 5.41) is 5.35. The van der Waals surface area contributed by atoms with Gasteiger partial charge in [0.05, 0.1) is 31.5 Å². The predicted molar refractivity (Wildman–Crippen MR) is 119 cm³/mol. The van der Waals surface area contributed by atoms with Crippen molar-refractivity contribution in [2.75, 3.05) is 32.1 Å². The average molecular weight is 464 g/mol. The SMILES string of the molecule is COc1ccc(C)cc1NC(=O)CNC(=O)CN1CCCCC1c1ccc(C(F)(F)F)cc1. The molecule has 0 spiro atoms. The summed E-state index contributed by atoms with van der Waals surface area (Å²) in [7, 11) is 1.51. The van der Waals surface area contributed by atoms with Crippen LogP contribution in [0.1, 0.15) is 42.0 Å². The minimum Gasteiger partial charge on any atom is -0.495 e. The molecule has 1 aliphatic rings. The normalized spacial score (nSPS) is 16.8.